The molecule has 1 aromatic carbocycles. The highest BCUT2D eigenvalue weighted by molar-refractivity contribution is 5.25. The monoisotopic (exact) mass is 328 g/mol. The molecule has 1 heterocycles. The Kier molecular flexibility index (Phi) is 7.31. The fourth-order valence-corrected chi connectivity index (χ4v) is 2.51. The Labute approximate surface area is 145 Å². The van der Waals surface area contributed by atoms with Crippen LogP contribution in [0.25, 0.3) is 0 Å². The van der Waals surface area contributed by atoms with Crippen LogP contribution in [-0.2, 0) is 24.4 Å². The topological polar surface area (TPSA) is 41.5 Å². The molecule has 0 spiro atoms. The molecule has 5 heteroatoms. The highest BCUT2D eigenvalue weighted by Crippen LogP contribution is 2.13. The molecule has 0 unspecified atom stereocenters. The van der Waals surface area contributed by atoms with Crippen LogP contribution in [0.15, 0.2) is 36.7 Å². The van der Waals surface area contributed by atoms with Gasteiger partial charge in [-0.25, -0.2) is 9.97 Å². The van der Waals surface area contributed by atoms with Crippen LogP contribution in [0.1, 0.15) is 22.5 Å². The number of hydrogen-bond acceptors (Lipinski definition) is 5. The molecule has 2 aromatic rings. The molecule has 0 saturated carbocycles. The molecule has 130 valence electrons. The third-order valence-electron chi connectivity index (χ3n) is 3.96. The molecule has 0 atom stereocenters. The van der Waals surface area contributed by atoms with Gasteiger partial charge in [0.15, 0.2) is 5.82 Å². The molecule has 0 N–H and O–H groups in total. The van der Waals surface area contributed by atoms with E-state index in [0.717, 1.165) is 37.6 Å². The first-order valence-electron chi connectivity index (χ1n) is 8.29. The first kappa shape index (κ1) is 18.5. The highest BCUT2D eigenvalue weighted by Gasteiger charge is 2.10. The second-order valence-corrected chi connectivity index (χ2v) is 6.38. The van der Waals surface area contributed by atoms with Crippen molar-refractivity contribution in [2.75, 3.05) is 34.3 Å². The average molecular weight is 328 g/mol. The Morgan fingerprint density at radius 3 is 2.33 bits per heavy atom. The summed E-state index contributed by atoms with van der Waals surface area (Å²) in [5.41, 5.74) is 3.83. The van der Waals surface area contributed by atoms with E-state index in [-0.39, 0.29) is 0 Å². The Morgan fingerprint density at radius 1 is 1.00 bits per heavy atom. The van der Waals surface area contributed by atoms with Crippen LogP contribution in [0.5, 0.6) is 0 Å². The minimum Gasteiger partial charge on any atom is -0.377 e. The van der Waals surface area contributed by atoms with Gasteiger partial charge in [0, 0.05) is 51.2 Å². The number of benzene rings is 1. The molecule has 0 amide bonds. The average Bonchev–Trinajstić information content (AvgIpc) is 2.56. The predicted molar refractivity (Wildman–Crippen MR) is 96.6 cm³/mol. The molecule has 24 heavy (non-hydrogen) atoms. The van der Waals surface area contributed by atoms with Gasteiger partial charge in [0.2, 0.25) is 0 Å². The molecule has 0 fully saturated rings. The number of likely N-dealkylation sites (N-methyl/N-ethyl adjacent to an activating group) is 1. The van der Waals surface area contributed by atoms with Crippen LogP contribution in [-0.4, -0.2) is 54.1 Å². The van der Waals surface area contributed by atoms with Crippen molar-refractivity contribution in [2.45, 2.75) is 26.6 Å². The number of aromatic nitrogens is 2. The number of rotatable bonds is 9. The van der Waals surface area contributed by atoms with Crippen LogP contribution >= 0.6 is 0 Å². The number of hydrogen-bond donors (Lipinski definition) is 0. The molecule has 1 aromatic heterocycles. The van der Waals surface area contributed by atoms with Crippen LogP contribution in [0.4, 0.5) is 0 Å². The molecule has 0 bridgehead atoms. The fraction of sp³-hybridized carbons (Fsp3) is 0.474. The summed E-state index contributed by atoms with van der Waals surface area (Å²) < 4.78 is 5.07. The maximum absolute atomic E-state index is 5.07. The van der Waals surface area contributed by atoms with E-state index in [9.17, 15) is 0 Å². The normalized spacial score (nSPS) is 11.4. The summed E-state index contributed by atoms with van der Waals surface area (Å²) in [6, 6.07) is 8.57. The van der Waals surface area contributed by atoms with Crippen LogP contribution in [0.2, 0.25) is 0 Å². The lowest BCUT2D eigenvalue weighted by molar-refractivity contribution is 0.177. The summed E-state index contributed by atoms with van der Waals surface area (Å²) in [6.07, 6.45) is 3.81. The van der Waals surface area contributed by atoms with Gasteiger partial charge in [-0.3, -0.25) is 4.90 Å². The van der Waals surface area contributed by atoms with Crippen molar-refractivity contribution in [3.05, 3.63) is 59.2 Å². The van der Waals surface area contributed by atoms with Gasteiger partial charge in [0.1, 0.15) is 6.61 Å². The van der Waals surface area contributed by atoms with Gasteiger partial charge in [-0.15, -0.1) is 0 Å². The summed E-state index contributed by atoms with van der Waals surface area (Å²) in [7, 11) is 5.87. The van der Waals surface area contributed by atoms with E-state index >= 15 is 0 Å². The van der Waals surface area contributed by atoms with Gasteiger partial charge >= 0.3 is 0 Å². The molecule has 0 aliphatic rings. The summed E-state index contributed by atoms with van der Waals surface area (Å²) >= 11 is 0. The Hall–Kier alpha value is -1.82. The second kappa shape index (κ2) is 9.47. The Morgan fingerprint density at radius 2 is 1.71 bits per heavy atom. The first-order chi connectivity index (χ1) is 11.6. The van der Waals surface area contributed by atoms with Gasteiger partial charge < -0.3 is 9.64 Å². The number of ether oxygens (including phenoxy) is 1. The van der Waals surface area contributed by atoms with E-state index in [2.05, 4.69) is 65.1 Å². The van der Waals surface area contributed by atoms with Crippen molar-refractivity contribution >= 4 is 0 Å². The standard InChI is InChI=1S/C19H28N4O/c1-16-7-5-6-8-18(16)14-23(10-9-22(2)3)13-17-11-20-19(15-24-4)21-12-17/h5-8,11-12H,9-10,13-15H2,1-4H3. The smallest absolute Gasteiger partial charge is 0.153 e. The van der Waals surface area contributed by atoms with Crippen molar-refractivity contribution in [1.29, 1.82) is 0 Å². The Bertz CT molecular complexity index is 613. The zero-order valence-corrected chi connectivity index (χ0v) is 15.2. The minimum absolute atomic E-state index is 0.452. The molecular weight excluding hydrogens is 300 g/mol. The zero-order chi connectivity index (χ0) is 17.4. The first-order valence-corrected chi connectivity index (χ1v) is 8.29. The molecule has 5 nitrogen and oxygen atoms in total. The number of methoxy groups -OCH3 is 1. The van der Waals surface area contributed by atoms with E-state index < -0.39 is 0 Å². The molecule has 2 rings (SSSR count). The van der Waals surface area contributed by atoms with Crippen molar-refractivity contribution in [2.24, 2.45) is 0 Å². The minimum atomic E-state index is 0.452. The van der Waals surface area contributed by atoms with Gasteiger partial charge in [0.25, 0.3) is 0 Å². The lowest BCUT2D eigenvalue weighted by atomic mass is 10.1. The summed E-state index contributed by atoms with van der Waals surface area (Å²) in [6.45, 7) is 6.42. The van der Waals surface area contributed by atoms with E-state index in [1.807, 2.05) is 12.4 Å². The van der Waals surface area contributed by atoms with Crippen molar-refractivity contribution < 1.29 is 4.74 Å². The van der Waals surface area contributed by atoms with Crippen molar-refractivity contribution in [3.8, 4) is 0 Å². The van der Waals surface area contributed by atoms with Crippen molar-refractivity contribution in [1.82, 2.24) is 19.8 Å². The highest BCUT2D eigenvalue weighted by atomic mass is 16.5. The third-order valence-corrected chi connectivity index (χ3v) is 3.96. The van der Waals surface area contributed by atoms with E-state index in [4.69, 9.17) is 4.74 Å². The largest absolute Gasteiger partial charge is 0.377 e. The van der Waals surface area contributed by atoms with Gasteiger partial charge in [-0.05, 0) is 32.1 Å². The van der Waals surface area contributed by atoms with E-state index in [0.29, 0.717) is 6.61 Å². The van der Waals surface area contributed by atoms with Gasteiger partial charge in [0.05, 0.1) is 0 Å². The molecule has 0 aliphatic heterocycles. The van der Waals surface area contributed by atoms with Crippen LogP contribution < -0.4 is 0 Å². The second-order valence-electron chi connectivity index (χ2n) is 6.38. The molecule has 0 aliphatic carbocycles. The summed E-state index contributed by atoms with van der Waals surface area (Å²) in [4.78, 5) is 13.4. The van der Waals surface area contributed by atoms with Crippen LogP contribution in [0.3, 0.4) is 0 Å². The molecule has 0 saturated heterocycles. The lowest BCUT2D eigenvalue weighted by Gasteiger charge is -2.25. The van der Waals surface area contributed by atoms with Crippen molar-refractivity contribution in [3.63, 3.8) is 0 Å². The maximum Gasteiger partial charge on any atom is 0.153 e. The Balaban J connectivity index is 2.06. The molecular formula is C19H28N4O. The SMILES string of the molecule is COCc1ncc(CN(CCN(C)C)Cc2ccccc2C)cn1. The number of aryl methyl sites for hydroxylation is 1. The maximum atomic E-state index is 5.07. The zero-order valence-electron chi connectivity index (χ0n) is 15.2. The molecule has 0 radical (unpaired) electrons. The predicted octanol–water partition coefficient (Wildman–Crippen LogP) is 2.50. The van der Waals surface area contributed by atoms with Gasteiger partial charge in [-0.2, -0.15) is 0 Å². The van der Waals surface area contributed by atoms with E-state index in [1.54, 1.807) is 7.11 Å². The summed E-state index contributed by atoms with van der Waals surface area (Å²) in [5.74, 6) is 0.722. The lowest BCUT2D eigenvalue weighted by Crippen LogP contribution is -2.31. The fourth-order valence-electron chi connectivity index (χ4n) is 2.51. The quantitative estimate of drug-likeness (QED) is 0.707. The third kappa shape index (κ3) is 6.00. The number of nitrogens with zero attached hydrogens (tertiary/aromatic N) is 4. The van der Waals surface area contributed by atoms with Gasteiger partial charge in [-0.1, -0.05) is 24.3 Å². The van der Waals surface area contributed by atoms with E-state index in [1.165, 1.54) is 11.1 Å². The van der Waals surface area contributed by atoms with Crippen LogP contribution in [0, 0.1) is 6.92 Å². The summed E-state index contributed by atoms with van der Waals surface area (Å²) in [5, 5.41) is 0.